The van der Waals surface area contributed by atoms with E-state index in [9.17, 15) is 9.59 Å². The van der Waals surface area contributed by atoms with E-state index in [0.717, 1.165) is 16.1 Å². The van der Waals surface area contributed by atoms with Crippen molar-refractivity contribution in [1.29, 1.82) is 0 Å². The zero-order chi connectivity index (χ0) is 15.4. The standard InChI is InChI=1S/C15H16N2O3S/c1-3-11(15(19)20)16-13(18)12-8-21-14(17-12)10-7-5-4-6-9(10)2/h4-8,11H,3H2,1-2H3,(H,16,18)(H,19,20). The Balaban J connectivity index is 2.18. The first-order valence-corrected chi connectivity index (χ1v) is 7.46. The van der Waals surface area contributed by atoms with Crippen molar-refractivity contribution in [3.05, 3.63) is 40.9 Å². The predicted molar refractivity (Wildman–Crippen MR) is 81.5 cm³/mol. The Morgan fingerprint density at radius 3 is 2.71 bits per heavy atom. The fourth-order valence-electron chi connectivity index (χ4n) is 1.89. The van der Waals surface area contributed by atoms with Gasteiger partial charge < -0.3 is 10.4 Å². The number of thiazole rings is 1. The molecule has 5 nitrogen and oxygen atoms in total. The molecule has 0 fully saturated rings. The highest BCUT2D eigenvalue weighted by Crippen LogP contribution is 2.26. The van der Waals surface area contributed by atoms with Crippen LogP contribution in [0.2, 0.25) is 0 Å². The van der Waals surface area contributed by atoms with Crippen LogP contribution < -0.4 is 5.32 Å². The van der Waals surface area contributed by atoms with E-state index in [2.05, 4.69) is 10.3 Å². The molecular formula is C15H16N2O3S. The van der Waals surface area contributed by atoms with Gasteiger partial charge in [-0.25, -0.2) is 9.78 Å². The van der Waals surface area contributed by atoms with Crippen molar-refractivity contribution in [3.8, 4) is 10.6 Å². The number of carboxylic acids is 1. The van der Waals surface area contributed by atoms with Crippen LogP contribution in [0.25, 0.3) is 10.6 Å². The fourth-order valence-corrected chi connectivity index (χ4v) is 2.78. The molecule has 6 heteroatoms. The number of carbonyl (C=O) groups excluding carboxylic acids is 1. The molecule has 1 aromatic heterocycles. The first-order valence-electron chi connectivity index (χ1n) is 6.58. The van der Waals surface area contributed by atoms with Crippen molar-refractivity contribution in [2.75, 3.05) is 0 Å². The van der Waals surface area contributed by atoms with Crippen molar-refractivity contribution < 1.29 is 14.7 Å². The van der Waals surface area contributed by atoms with E-state index >= 15 is 0 Å². The SMILES string of the molecule is CCC(NC(=O)c1csc(-c2ccccc2C)n1)C(=O)O. The predicted octanol–water partition coefficient (Wildman–Crippen LogP) is 2.71. The van der Waals surface area contributed by atoms with Crippen LogP contribution in [-0.2, 0) is 4.79 Å². The van der Waals surface area contributed by atoms with Gasteiger partial charge in [-0.05, 0) is 18.9 Å². The zero-order valence-electron chi connectivity index (χ0n) is 11.8. The van der Waals surface area contributed by atoms with Gasteiger partial charge in [0.05, 0.1) is 0 Å². The number of aryl methyl sites for hydroxylation is 1. The quantitative estimate of drug-likeness (QED) is 0.890. The molecule has 1 heterocycles. The van der Waals surface area contributed by atoms with Crippen molar-refractivity contribution >= 4 is 23.2 Å². The van der Waals surface area contributed by atoms with Crippen LogP contribution in [0.5, 0.6) is 0 Å². The Morgan fingerprint density at radius 2 is 2.10 bits per heavy atom. The molecule has 1 amide bonds. The number of nitrogens with zero attached hydrogens (tertiary/aromatic N) is 1. The summed E-state index contributed by atoms with van der Waals surface area (Å²) >= 11 is 1.37. The third-order valence-electron chi connectivity index (χ3n) is 3.12. The molecule has 0 radical (unpaired) electrons. The Kier molecular flexibility index (Phi) is 4.70. The molecule has 1 unspecified atom stereocenters. The summed E-state index contributed by atoms with van der Waals surface area (Å²) in [6.45, 7) is 3.69. The molecule has 0 aliphatic carbocycles. The van der Waals surface area contributed by atoms with Crippen molar-refractivity contribution in [2.24, 2.45) is 0 Å². The Morgan fingerprint density at radius 1 is 1.38 bits per heavy atom. The van der Waals surface area contributed by atoms with Crippen LogP contribution in [-0.4, -0.2) is 28.0 Å². The van der Waals surface area contributed by atoms with Crippen LogP contribution >= 0.6 is 11.3 Å². The number of aliphatic carboxylic acids is 1. The minimum absolute atomic E-state index is 0.248. The molecule has 1 atom stereocenters. The fraction of sp³-hybridized carbons (Fsp3) is 0.267. The molecule has 0 bridgehead atoms. The van der Waals surface area contributed by atoms with Gasteiger partial charge in [0.15, 0.2) is 0 Å². The van der Waals surface area contributed by atoms with Crippen molar-refractivity contribution in [1.82, 2.24) is 10.3 Å². The number of aromatic nitrogens is 1. The van der Waals surface area contributed by atoms with Gasteiger partial charge in [0.25, 0.3) is 5.91 Å². The summed E-state index contributed by atoms with van der Waals surface area (Å²) in [5.74, 6) is -1.50. The van der Waals surface area contributed by atoms with Gasteiger partial charge in [0.1, 0.15) is 16.7 Å². The molecule has 0 aliphatic rings. The van der Waals surface area contributed by atoms with Crippen molar-refractivity contribution in [3.63, 3.8) is 0 Å². The van der Waals surface area contributed by atoms with Gasteiger partial charge in [-0.1, -0.05) is 31.2 Å². The van der Waals surface area contributed by atoms with Crippen LogP contribution in [0.15, 0.2) is 29.6 Å². The molecule has 0 spiro atoms. The highest BCUT2D eigenvalue weighted by molar-refractivity contribution is 7.13. The van der Waals surface area contributed by atoms with Crippen LogP contribution in [0, 0.1) is 6.92 Å². The first kappa shape index (κ1) is 15.2. The molecule has 2 rings (SSSR count). The number of rotatable bonds is 5. The molecule has 0 saturated carbocycles. The Bertz CT molecular complexity index is 666. The third kappa shape index (κ3) is 3.46. The van der Waals surface area contributed by atoms with Gasteiger partial charge in [-0.3, -0.25) is 4.79 Å². The monoisotopic (exact) mass is 304 g/mol. The van der Waals surface area contributed by atoms with Gasteiger partial charge in [-0.2, -0.15) is 0 Å². The van der Waals surface area contributed by atoms with Gasteiger partial charge in [-0.15, -0.1) is 11.3 Å². The number of nitrogens with one attached hydrogen (secondary N) is 1. The van der Waals surface area contributed by atoms with Crippen LogP contribution in [0.3, 0.4) is 0 Å². The summed E-state index contributed by atoms with van der Waals surface area (Å²) < 4.78 is 0. The Labute approximate surface area is 126 Å². The number of hydrogen-bond acceptors (Lipinski definition) is 4. The third-order valence-corrected chi connectivity index (χ3v) is 4.00. The smallest absolute Gasteiger partial charge is 0.326 e. The highest BCUT2D eigenvalue weighted by Gasteiger charge is 2.20. The number of benzene rings is 1. The summed E-state index contributed by atoms with van der Waals surface area (Å²) in [6, 6.07) is 6.90. The van der Waals surface area contributed by atoms with Crippen LogP contribution in [0.1, 0.15) is 29.4 Å². The topological polar surface area (TPSA) is 79.3 Å². The number of hydrogen-bond donors (Lipinski definition) is 2. The number of amides is 1. The van der Waals surface area contributed by atoms with Gasteiger partial charge >= 0.3 is 5.97 Å². The lowest BCUT2D eigenvalue weighted by molar-refractivity contribution is -0.139. The summed E-state index contributed by atoms with van der Waals surface area (Å²) in [6.07, 6.45) is 0.329. The maximum Gasteiger partial charge on any atom is 0.326 e. The van der Waals surface area contributed by atoms with Gasteiger partial charge in [0.2, 0.25) is 0 Å². The molecule has 1 aromatic carbocycles. The van der Waals surface area contributed by atoms with Crippen molar-refractivity contribution in [2.45, 2.75) is 26.3 Å². The molecule has 0 aliphatic heterocycles. The van der Waals surface area contributed by atoms with Crippen LogP contribution in [0.4, 0.5) is 0 Å². The van der Waals surface area contributed by atoms with E-state index in [1.54, 1.807) is 12.3 Å². The summed E-state index contributed by atoms with van der Waals surface area (Å²) in [5, 5.41) is 13.8. The van der Waals surface area contributed by atoms with E-state index in [4.69, 9.17) is 5.11 Å². The van der Waals surface area contributed by atoms with E-state index in [-0.39, 0.29) is 5.69 Å². The molecular weight excluding hydrogens is 288 g/mol. The summed E-state index contributed by atoms with van der Waals surface area (Å²) in [5.41, 5.74) is 2.31. The number of carbonyl (C=O) groups is 2. The molecule has 21 heavy (non-hydrogen) atoms. The lowest BCUT2D eigenvalue weighted by atomic mass is 10.1. The number of carboxylic acid groups (broad SMARTS) is 1. The average Bonchev–Trinajstić information content (AvgIpc) is 2.94. The summed E-state index contributed by atoms with van der Waals surface area (Å²) in [7, 11) is 0. The highest BCUT2D eigenvalue weighted by atomic mass is 32.1. The second kappa shape index (κ2) is 6.49. The molecule has 110 valence electrons. The molecule has 2 N–H and O–H groups in total. The van der Waals surface area contributed by atoms with E-state index in [1.807, 2.05) is 31.2 Å². The minimum Gasteiger partial charge on any atom is -0.480 e. The lowest BCUT2D eigenvalue weighted by Gasteiger charge is -2.10. The normalized spacial score (nSPS) is 11.9. The zero-order valence-corrected chi connectivity index (χ0v) is 12.6. The maximum absolute atomic E-state index is 12.0. The maximum atomic E-state index is 12.0. The second-order valence-electron chi connectivity index (χ2n) is 4.63. The summed E-state index contributed by atoms with van der Waals surface area (Å²) in [4.78, 5) is 27.3. The lowest BCUT2D eigenvalue weighted by Crippen LogP contribution is -2.40. The largest absolute Gasteiger partial charge is 0.480 e. The average molecular weight is 304 g/mol. The first-order chi connectivity index (χ1) is 10.0. The second-order valence-corrected chi connectivity index (χ2v) is 5.48. The van der Waals surface area contributed by atoms with Gasteiger partial charge in [0, 0.05) is 10.9 Å². The minimum atomic E-state index is -1.04. The van der Waals surface area contributed by atoms with E-state index < -0.39 is 17.9 Å². The Hall–Kier alpha value is -2.21. The molecule has 0 saturated heterocycles. The molecule has 2 aromatic rings. The van der Waals surface area contributed by atoms with E-state index in [0.29, 0.717) is 6.42 Å². The van der Waals surface area contributed by atoms with E-state index in [1.165, 1.54) is 11.3 Å².